The van der Waals surface area contributed by atoms with Crippen molar-refractivity contribution in [3.05, 3.63) is 29.8 Å². The molecule has 1 fully saturated rings. The fourth-order valence-corrected chi connectivity index (χ4v) is 2.47. The number of rotatable bonds is 5. The van der Waals surface area contributed by atoms with Gasteiger partial charge in [0.25, 0.3) is 0 Å². The predicted molar refractivity (Wildman–Crippen MR) is 78.2 cm³/mol. The number of hydrogen-bond donors (Lipinski definition) is 3. The maximum atomic E-state index is 12.0. The third-order valence-electron chi connectivity index (χ3n) is 3.52. The van der Waals surface area contributed by atoms with Gasteiger partial charge < -0.3 is 16.0 Å². The van der Waals surface area contributed by atoms with Crippen LogP contribution >= 0.6 is 0 Å². The third-order valence-corrected chi connectivity index (χ3v) is 3.52. The molecule has 104 valence electrons. The second-order valence-corrected chi connectivity index (χ2v) is 5.02. The Labute approximate surface area is 115 Å². The van der Waals surface area contributed by atoms with Gasteiger partial charge in [0.1, 0.15) is 0 Å². The van der Waals surface area contributed by atoms with E-state index >= 15 is 0 Å². The molecule has 0 aliphatic heterocycles. The first-order chi connectivity index (χ1) is 9.29. The molecule has 1 aromatic carbocycles. The summed E-state index contributed by atoms with van der Waals surface area (Å²) < 4.78 is 0. The Bertz CT molecular complexity index is 414. The number of urea groups is 1. The summed E-state index contributed by atoms with van der Waals surface area (Å²) in [6, 6.07) is 8.18. The molecule has 0 radical (unpaired) electrons. The lowest BCUT2D eigenvalue weighted by atomic mass is 10.1. The van der Waals surface area contributed by atoms with Crippen LogP contribution in [0.3, 0.4) is 0 Å². The van der Waals surface area contributed by atoms with Crippen molar-refractivity contribution >= 4 is 11.7 Å². The number of carbonyl (C=O) groups excluding carboxylic acids is 1. The van der Waals surface area contributed by atoms with Gasteiger partial charge in [0.15, 0.2) is 0 Å². The van der Waals surface area contributed by atoms with Gasteiger partial charge in [-0.2, -0.15) is 0 Å². The number of carbonyl (C=O) groups is 1. The highest BCUT2D eigenvalue weighted by atomic mass is 16.2. The average molecular weight is 261 g/mol. The Morgan fingerprint density at radius 2 is 2.00 bits per heavy atom. The van der Waals surface area contributed by atoms with Gasteiger partial charge in [-0.15, -0.1) is 0 Å². The molecule has 1 aromatic rings. The van der Waals surface area contributed by atoms with E-state index in [1.54, 1.807) is 0 Å². The van der Waals surface area contributed by atoms with Gasteiger partial charge in [0.2, 0.25) is 0 Å². The van der Waals surface area contributed by atoms with E-state index in [1.165, 1.54) is 12.8 Å². The molecule has 0 atom stereocenters. The van der Waals surface area contributed by atoms with Gasteiger partial charge >= 0.3 is 6.03 Å². The van der Waals surface area contributed by atoms with Gasteiger partial charge in [0, 0.05) is 18.3 Å². The molecule has 0 spiro atoms. The highest BCUT2D eigenvalue weighted by Gasteiger charge is 2.17. The summed E-state index contributed by atoms with van der Waals surface area (Å²) in [5, 5.41) is 9.28. The molecule has 1 saturated carbocycles. The maximum absolute atomic E-state index is 12.0. The second-order valence-electron chi connectivity index (χ2n) is 5.02. The van der Waals surface area contributed by atoms with E-state index < -0.39 is 0 Å². The largest absolute Gasteiger partial charge is 0.335 e. The normalized spacial score (nSPS) is 15.4. The monoisotopic (exact) mass is 261 g/mol. The summed E-state index contributed by atoms with van der Waals surface area (Å²) in [4.78, 5) is 12.0. The Hall–Kier alpha value is -1.55. The maximum Gasteiger partial charge on any atom is 0.319 e. The SMILES string of the molecule is CCNCc1ccccc1NC(=O)NC1CCCC1. The van der Waals surface area contributed by atoms with E-state index in [0.717, 1.165) is 37.2 Å². The molecule has 0 bridgehead atoms. The zero-order chi connectivity index (χ0) is 13.5. The predicted octanol–water partition coefficient (Wildman–Crippen LogP) is 2.86. The molecule has 3 N–H and O–H groups in total. The Kier molecular flexibility index (Phi) is 5.21. The van der Waals surface area contributed by atoms with E-state index in [-0.39, 0.29) is 6.03 Å². The smallest absolute Gasteiger partial charge is 0.319 e. The molecular weight excluding hydrogens is 238 g/mol. The van der Waals surface area contributed by atoms with Gasteiger partial charge in [-0.3, -0.25) is 0 Å². The van der Waals surface area contributed by atoms with Crippen LogP contribution in [0.2, 0.25) is 0 Å². The van der Waals surface area contributed by atoms with Crippen LogP contribution in [-0.4, -0.2) is 18.6 Å². The number of nitrogens with one attached hydrogen (secondary N) is 3. The molecule has 4 nitrogen and oxygen atoms in total. The number of amides is 2. The number of anilines is 1. The summed E-state index contributed by atoms with van der Waals surface area (Å²) in [7, 11) is 0. The zero-order valence-electron chi connectivity index (χ0n) is 11.5. The van der Waals surface area contributed by atoms with Gasteiger partial charge in [-0.1, -0.05) is 38.0 Å². The summed E-state index contributed by atoms with van der Waals surface area (Å²) in [6.07, 6.45) is 4.66. The molecule has 2 amide bonds. The summed E-state index contributed by atoms with van der Waals surface area (Å²) >= 11 is 0. The van der Waals surface area contributed by atoms with Crippen molar-refractivity contribution in [2.45, 2.75) is 45.2 Å². The first-order valence-corrected chi connectivity index (χ1v) is 7.15. The molecule has 0 saturated heterocycles. The fourth-order valence-electron chi connectivity index (χ4n) is 2.47. The number of hydrogen-bond acceptors (Lipinski definition) is 2. The van der Waals surface area contributed by atoms with Gasteiger partial charge in [-0.25, -0.2) is 4.79 Å². The van der Waals surface area contributed by atoms with E-state index in [1.807, 2.05) is 24.3 Å². The molecule has 0 aromatic heterocycles. The minimum absolute atomic E-state index is 0.0872. The first kappa shape index (κ1) is 13.9. The highest BCUT2D eigenvalue weighted by Crippen LogP contribution is 2.18. The standard InChI is InChI=1S/C15H23N3O/c1-2-16-11-12-7-3-6-10-14(12)18-15(19)17-13-8-4-5-9-13/h3,6-7,10,13,16H,2,4-5,8-9,11H2,1H3,(H2,17,18,19). The van der Waals surface area contributed by atoms with E-state index in [9.17, 15) is 4.79 Å². The Morgan fingerprint density at radius 3 is 2.74 bits per heavy atom. The lowest BCUT2D eigenvalue weighted by Crippen LogP contribution is -2.36. The van der Waals surface area contributed by atoms with Crippen molar-refractivity contribution in [3.63, 3.8) is 0 Å². The van der Waals surface area contributed by atoms with Crippen LogP contribution in [-0.2, 0) is 6.54 Å². The Balaban J connectivity index is 1.91. The van der Waals surface area contributed by atoms with Crippen LogP contribution in [0.25, 0.3) is 0 Å². The quantitative estimate of drug-likeness (QED) is 0.763. The number of para-hydroxylation sites is 1. The van der Waals surface area contributed by atoms with Crippen molar-refractivity contribution < 1.29 is 4.79 Å². The van der Waals surface area contributed by atoms with Crippen molar-refractivity contribution in [1.82, 2.24) is 10.6 Å². The average Bonchev–Trinajstić information content (AvgIpc) is 2.90. The van der Waals surface area contributed by atoms with E-state index in [4.69, 9.17) is 0 Å². The summed E-state index contributed by atoms with van der Waals surface area (Å²) in [5.41, 5.74) is 2.00. The van der Waals surface area contributed by atoms with Crippen LogP contribution in [0.5, 0.6) is 0 Å². The molecule has 4 heteroatoms. The second kappa shape index (κ2) is 7.14. The van der Waals surface area contributed by atoms with Crippen molar-refractivity contribution in [2.75, 3.05) is 11.9 Å². The van der Waals surface area contributed by atoms with E-state index in [2.05, 4.69) is 22.9 Å². The molecule has 2 rings (SSSR count). The molecular formula is C15H23N3O. The molecule has 1 aliphatic rings. The van der Waals surface area contributed by atoms with Crippen molar-refractivity contribution in [2.24, 2.45) is 0 Å². The lowest BCUT2D eigenvalue weighted by Gasteiger charge is -2.15. The topological polar surface area (TPSA) is 53.2 Å². The highest BCUT2D eigenvalue weighted by molar-refractivity contribution is 5.90. The minimum atomic E-state index is -0.0872. The van der Waals surface area contributed by atoms with E-state index in [0.29, 0.717) is 6.04 Å². The minimum Gasteiger partial charge on any atom is -0.335 e. The van der Waals surface area contributed by atoms with Crippen LogP contribution in [0, 0.1) is 0 Å². The van der Waals surface area contributed by atoms with Gasteiger partial charge in [0.05, 0.1) is 0 Å². The molecule has 0 unspecified atom stereocenters. The van der Waals surface area contributed by atoms with Crippen molar-refractivity contribution in [3.8, 4) is 0 Å². The van der Waals surface area contributed by atoms with Crippen LogP contribution < -0.4 is 16.0 Å². The van der Waals surface area contributed by atoms with Crippen molar-refractivity contribution in [1.29, 1.82) is 0 Å². The lowest BCUT2D eigenvalue weighted by molar-refractivity contribution is 0.248. The van der Waals surface area contributed by atoms with Crippen LogP contribution in [0.15, 0.2) is 24.3 Å². The zero-order valence-corrected chi connectivity index (χ0v) is 11.5. The number of benzene rings is 1. The third kappa shape index (κ3) is 4.24. The summed E-state index contributed by atoms with van der Waals surface area (Å²) in [5.74, 6) is 0. The molecule has 19 heavy (non-hydrogen) atoms. The summed E-state index contributed by atoms with van der Waals surface area (Å²) in [6.45, 7) is 3.77. The fraction of sp³-hybridized carbons (Fsp3) is 0.533. The van der Waals surface area contributed by atoms with Gasteiger partial charge in [-0.05, 0) is 31.0 Å². The first-order valence-electron chi connectivity index (χ1n) is 7.15. The van der Waals surface area contributed by atoms with Crippen LogP contribution in [0.4, 0.5) is 10.5 Å². The molecule has 0 heterocycles. The van der Waals surface area contributed by atoms with Crippen LogP contribution in [0.1, 0.15) is 38.2 Å². The Morgan fingerprint density at radius 1 is 1.26 bits per heavy atom. The molecule has 1 aliphatic carbocycles.